The topological polar surface area (TPSA) is 63.2 Å². The van der Waals surface area contributed by atoms with Gasteiger partial charge in [-0.3, -0.25) is 0 Å². The van der Waals surface area contributed by atoms with Crippen LogP contribution >= 0.6 is 0 Å². The number of hydrogen-bond donors (Lipinski definition) is 0. The molecule has 0 saturated heterocycles. The monoisotopic (exact) mass is 444 g/mol. The van der Waals surface area contributed by atoms with Crippen LogP contribution in [0, 0.1) is 0 Å². The molecule has 0 spiro atoms. The quantitative estimate of drug-likeness (QED) is 0.171. The number of rotatable bonds is 14. The molecule has 0 aromatic carbocycles. The molecule has 0 aromatic heterocycles. The smallest absolute Gasteiger partial charge is 0.356 e. The van der Waals surface area contributed by atoms with Gasteiger partial charge in [-0.15, -0.1) is 32.9 Å². The van der Waals surface area contributed by atoms with Crippen molar-refractivity contribution in [2.45, 2.75) is 33.1 Å². The summed E-state index contributed by atoms with van der Waals surface area (Å²) in [6.45, 7) is 30.5. The Morgan fingerprint density at radius 2 is 1.43 bits per heavy atom. The fraction of sp³-hybridized carbons (Fsp3) is 0.421. The Morgan fingerprint density at radius 3 is 1.86 bits per heavy atom. The average Bonchev–Trinajstić information content (AvgIpc) is 2.64. The Hall–Kier alpha value is -1.34. The van der Waals surface area contributed by atoms with E-state index < -0.39 is 31.7 Å². The minimum atomic E-state index is -3.00. The zero-order valence-electron chi connectivity index (χ0n) is 18.0. The van der Waals surface area contributed by atoms with Crippen molar-refractivity contribution in [3.05, 3.63) is 62.9 Å². The SMILES string of the molecule is C=C.C=CCO[Si](C)(C)O[Si](C)(COC(=O)C(=C)C)O[Si](C)(C=C)OCC=C. The Labute approximate surface area is 173 Å². The van der Waals surface area contributed by atoms with E-state index in [0.717, 1.165) is 0 Å². The molecular weight excluding hydrogens is 408 g/mol. The van der Waals surface area contributed by atoms with E-state index in [1.165, 1.54) is 0 Å². The van der Waals surface area contributed by atoms with Gasteiger partial charge >= 0.3 is 31.7 Å². The molecule has 0 fully saturated rings. The van der Waals surface area contributed by atoms with E-state index in [4.69, 9.17) is 21.8 Å². The van der Waals surface area contributed by atoms with Crippen molar-refractivity contribution < 1.29 is 26.6 Å². The van der Waals surface area contributed by atoms with E-state index in [2.05, 4.69) is 39.5 Å². The molecule has 0 heterocycles. The van der Waals surface area contributed by atoms with Crippen molar-refractivity contribution in [3.63, 3.8) is 0 Å². The molecule has 6 nitrogen and oxygen atoms in total. The lowest BCUT2D eigenvalue weighted by Gasteiger charge is -2.39. The number of hydrogen-bond acceptors (Lipinski definition) is 6. The Bertz CT molecular complexity index is 552. The highest BCUT2D eigenvalue weighted by Crippen LogP contribution is 2.23. The number of ether oxygens (including phenoxy) is 1. The van der Waals surface area contributed by atoms with Gasteiger partial charge in [0, 0.05) is 5.57 Å². The Morgan fingerprint density at radius 1 is 0.929 bits per heavy atom. The van der Waals surface area contributed by atoms with Crippen molar-refractivity contribution in [3.8, 4) is 0 Å². The van der Waals surface area contributed by atoms with Crippen LogP contribution in [-0.4, -0.2) is 51.1 Å². The molecule has 2 unspecified atom stereocenters. The molecule has 9 heteroatoms. The standard InChI is InChI=1S/C17H32O6Si3.C2H4/c1-10-13-20-24(6,7)22-26(9,15-19-17(18)16(4)5)23-25(8,12-3)21-14-11-2;1-2/h10-12H,1-4,13-15H2,5-9H3;1-2H2. The highest BCUT2D eigenvalue weighted by atomic mass is 28.5. The van der Waals surface area contributed by atoms with E-state index in [0.29, 0.717) is 18.8 Å². The predicted molar refractivity (Wildman–Crippen MR) is 122 cm³/mol. The Balaban J connectivity index is 0. The molecule has 0 aliphatic rings. The summed E-state index contributed by atoms with van der Waals surface area (Å²) < 4.78 is 29.5. The molecule has 0 saturated carbocycles. The molecule has 0 aliphatic heterocycles. The first-order valence-electron chi connectivity index (χ1n) is 8.79. The number of esters is 1. The van der Waals surface area contributed by atoms with Gasteiger partial charge in [0.15, 0.2) is 0 Å². The van der Waals surface area contributed by atoms with Crippen molar-refractivity contribution in [2.75, 3.05) is 19.4 Å². The largest absolute Gasteiger partial charge is 0.460 e. The van der Waals surface area contributed by atoms with Gasteiger partial charge in [-0.2, -0.15) is 0 Å². The highest BCUT2D eigenvalue weighted by Gasteiger charge is 2.47. The van der Waals surface area contributed by atoms with Crippen LogP contribution in [0.25, 0.3) is 0 Å². The van der Waals surface area contributed by atoms with Crippen LogP contribution < -0.4 is 0 Å². The summed E-state index contributed by atoms with van der Waals surface area (Å²) in [7, 11) is -8.29. The van der Waals surface area contributed by atoms with E-state index in [1.54, 1.807) is 24.8 Å². The zero-order chi connectivity index (χ0) is 22.4. The summed E-state index contributed by atoms with van der Waals surface area (Å²) in [5, 5.41) is 0. The second kappa shape index (κ2) is 13.8. The first kappa shape index (κ1) is 28.9. The third-order valence-electron chi connectivity index (χ3n) is 3.10. The van der Waals surface area contributed by atoms with Crippen LogP contribution in [0.1, 0.15) is 6.92 Å². The van der Waals surface area contributed by atoms with Gasteiger partial charge in [-0.1, -0.05) is 24.4 Å². The molecule has 0 amide bonds. The molecule has 160 valence electrons. The van der Waals surface area contributed by atoms with Crippen molar-refractivity contribution in [1.29, 1.82) is 0 Å². The van der Waals surface area contributed by atoms with Gasteiger partial charge in [0.05, 0.1) is 13.2 Å². The fourth-order valence-corrected chi connectivity index (χ4v) is 12.9. The molecule has 0 aromatic rings. The number of carbonyl (C=O) groups excluding carboxylic acids is 1. The molecule has 28 heavy (non-hydrogen) atoms. The first-order chi connectivity index (χ1) is 12.9. The van der Waals surface area contributed by atoms with Crippen LogP contribution in [0.5, 0.6) is 0 Å². The molecular formula is C19H36O6Si3. The molecule has 0 aliphatic carbocycles. The van der Waals surface area contributed by atoms with Gasteiger partial charge in [0.25, 0.3) is 0 Å². The maximum atomic E-state index is 11.8. The normalized spacial score (nSPS) is 15.0. The summed E-state index contributed by atoms with van der Waals surface area (Å²) in [4.78, 5) is 11.8. The lowest BCUT2D eigenvalue weighted by atomic mass is 10.4. The van der Waals surface area contributed by atoms with Crippen LogP contribution in [0.4, 0.5) is 0 Å². The third-order valence-corrected chi connectivity index (χ3v) is 13.2. The molecule has 0 radical (unpaired) electrons. The fourth-order valence-electron chi connectivity index (χ4n) is 1.99. The van der Waals surface area contributed by atoms with Crippen molar-refractivity contribution in [1.82, 2.24) is 0 Å². The van der Waals surface area contributed by atoms with Crippen LogP contribution in [0.2, 0.25) is 26.2 Å². The Kier molecular flexibility index (Phi) is 14.2. The lowest BCUT2D eigenvalue weighted by molar-refractivity contribution is -0.137. The maximum Gasteiger partial charge on any atom is 0.356 e. The second-order valence-electron chi connectivity index (χ2n) is 6.51. The van der Waals surface area contributed by atoms with Crippen molar-refractivity contribution in [2.24, 2.45) is 0 Å². The second-order valence-corrected chi connectivity index (χ2v) is 16.5. The number of carbonyl (C=O) groups is 1. The van der Waals surface area contributed by atoms with Crippen LogP contribution in [-0.2, 0) is 26.6 Å². The third kappa shape index (κ3) is 12.2. The van der Waals surface area contributed by atoms with Crippen LogP contribution in [0.15, 0.2) is 62.9 Å². The summed E-state index contributed by atoms with van der Waals surface area (Å²) in [5.41, 5.74) is 1.98. The van der Waals surface area contributed by atoms with Gasteiger partial charge < -0.3 is 21.8 Å². The lowest BCUT2D eigenvalue weighted by Crippen LogP contribution is -2.59. The molecule has 0 bridgehead atoms. The minimum absolute atomic E-state index is 0.000448. The maximum absolute atomic E-state index is 11.8. The average molecular weight is 445 g/mol. The van der Waals surface area contributed by atoms with E-state index in [1.807, 2.05) is 26.2 Å². The van der Waals surface area contributed by atoms with Crippen LogP contribution in [0.3, 0.4) is 0 Å². The summed E-state index contributed by atoms with van der Waals surface area (Å²) >= 11 is 0. The first-order valence-corrected chi connectivity index (χ1v) is 16.5. The molecule has 0 rings (SSSR count). The van der Waals surface area contributed by atoms with Gasteiger partial charge in [0.2, 0.25) is 0 Å². The van der Waals surface area contributed by atoms with E-state index in [-0.39, 0.29) is 6.23 Å². The summed E-state index contributed by atoms with van der Waals surface area (Å²) in [6.07, 6.45) is 3.31. The summed E-state index contributed by atoms with van der Waals surface area (Å²) in [6, 6.07) is 0. The molecule has 2 atom stereocenters. The summed E-state index contributed by atoms with van der Waals surface area (Å²) in [5.74, 6) is -0.489. The van der Waals surface area contributed by atoms with E-state index in [9.17, 15) is 4.79 Å². The predicted octanol–water partition coefficient (Wildman–Crippen LogP) is 4.46. The zero-order valence-corrected chi connectivity index (χ0v) is 21.0. The minimum Gasteiger partial charge on any atom is -0.460 e. The van der Waals surface area contributed by atoms with Crippen molar-refractivity contribution >= 4 is 31.7 Å². The highest BCUT2D eigenvalue weighted by molar-refractivity contribution is 6.87. The van der Waals surface area contributed by atoms with Gasteiger partial charge in [-0.25, -0.2) is 4.79 Å². The van der Waals surface area contributed by atoms with Gasteiger partial charge in [0.1, 0.15) is 6.23 Å². The van der Waals surface area contributed by atoms with E-state index >= 15 is 0 Å². The van der Waals surface area contributed by atoms with Gasteiger partial charge in [-0.05, 0) is 33.1 Å². The molecule has 0 N–H and O–H groups in total.